The number of hydrogen-bond donors (Lipinski definition) is 0. The minimum atomic E-state index is -0.0114. The van der Waals surface area contributed by atoms with Gasteiger partial charge in [0.25, 0.3) is 0 Å². The molecule has 292 valence electrons. The molecular formula is C63H16O4. The second-order valence-electron chi connectivity index (χ2n) is 10.8. The Hall–Kier alpha value is -12.7. The number of ketones is 1. The molecule has 4 nitrogen and oxygen atoms in total. The Morgan fingerprint density at radius 2 is 0.687 bits per heavy atom. The van der Waals surface area contributed by atoms with E-state index in [1.54, 1.807) is 24.3 Å². The summed E-state index contributed by atoms with van der Waals surface area (Å²) in [5, 5.41) is 1.83. The molecule has 0 aliphatic heterocycles. The topological polar surface area (TPSA) is 44.8 Å². The predicted octanol–water partition coefficient (Wildman–Crippen LogP) is 4.63. The number of terminal acetylenes is 2. The quantitative estimate of drug-likeness (QED) is 0.269. The Morgan fingerprint density at radius 3 is 1.03 bits per heavy atom. The normalized spacial score (nSPS) is 6.37. The van der Waals surface area contributed by atoms with E-state index < -0.39 is 0 Å². The Kier molecular flexibility index (Phi) is 24.1. The first kappa shape index (κ1) is 48.7. The molecule has 0 amide bonds. The van der Waals surface area contributed by atoms with Crippen LogP contribution < -0.4 is 14.2 Å². The summed E-state index contributed by atoms with van der Waals surface area (Å²) in [6.07, 6.45) is 15.0. The standard InChI is InChI=1S/C63H16O4/c1-4-6-8-10-12-14-16-18-20-22-24-26-28-30-32-34-36-38-40-42-48-65-62-50-57(55-67-61-47-46-59-52-58(56(3)64)44-45-60(59)53-61)51-63(54-62)66-49-43-41-39-37-35-33-31-29-27-25-23-21-19-17-15-13-11-9-7-5-2/h1-2,44-47,50-54H,55H2,3H3. The molecule has 0 radical (unpaired) electrons. The van der Waals surface area contributed by atoms with Crippen molar-refractivity contribution in [3.8, 4) is 279 Å². The molecule has 3 aromatic rings. The molecule has 4 heteroatoms. The fourth-order valence-electron chi connectivity index (χ4n) is 3.89. The first-order valence-corrected chi connectivity index (χ1v) is 18.2. The zero-order chi connectivity index (χ0) is 47.5. The molecule has 0 atom stereocenters. The van der Waals surface area contributed by atoms with Crippen molar-refractivity contribution in [1.29, 1.82) is 0 Å². The van der Waals surface area contributed by atoms with Crippen molar-refractivity contribution >= 4 is 16.6 Å². The van der Waals surface area contributed by atoms with Crippen molar-refractivity contribution in [2.24, 2.45) is 0 Å². The summed E-state index contributed by atoms with van der Waals surface area (Å²) in [7, 11) is 0. The van der Waals surface area contributed by atoms with Crippen LogP contribution in [0.25, 0.3) is 10.8 Å². The highest BCUT2D eigenvalue weighted by atomic mass is 16.5. The van der Waals surface area contributed by atoms with Crippen molar-refractivity contribution in [2.45, 2.75) is 13.5 Å². The molecule has 0 saturated heterocycles. The molecule has 0 saturated carbocycles. The number of benzene rings is 3. The molecular weight excluding hydrogens is 821 g/mol. The second-order valence-corrected chi connectivity index (χ2v) is 10.8. The van der Waals surface area contributed by atoms with E-state index in [2.05, 4.69) is 249 Å². The molecule has 0 spiro atoms. The number of rotatable bonds is 6. The third kappa shape index (κ3) is 24.1. The highest BCUT2D eigenvalue weighted by molar-refractivity contribution is 5.98. The van der Waals surface area contributed by atoms with Gasteiger partial charge in [-0.3, -0.25) is 4.79 Å². The van der Waals surface area contributed by atoms with Gasteiger partial charge in [-0.2, -0.15) is 0 Å². The summed E-state index contributed by atoms with van der Waals surface area (Å²) in [4.78, 5) is 11.8. The van der Waals surface area contributed by atoms with Crippen LogP contribution in [0.5, 0.6) is 17.2 Å². The van der Waals surface area contributed by atoms with Crippen LogP contribution in [0.1, 0.15) is 22.8 Å². The Labute approximate surface area is 392 Å². The third-order valence-electron chi connectivity index (χ3n) is 6.40. The number of fused-ring (bicyclic) bond motifs is 1. The monoisotopic (exact) mass is 836 g/mol. The second kappa shape index (κ2) is 33.2. The van der Waals surface area contributed by atoms with Gasteiger partial charge in [-0.05, 0) is 148 Å². The maximum atomic E-state index is 11.8. The largest absolute Gasteiger partial charge is 0.489 e. The molecule has 0 heterocycles. The van der Waals surface area contributed by atoms with Crippen molar-refractivity contribution in [2.75, 3.05) is 0 Å². The van der Waals surface area contributed by atoms with Gasteiger partial charge in [-0.1, -0.05) is 18.2 Å². The molecule has 0 bridgehead atoms. The molecule has 0 aliphatic rings. The lowest BCUT2D eigenvalue weighted by atomic mass is 10.0. The van der Waals surface area contributed by atoms with Gasteiger partial charge in [-0.15, -0.1) is 12.8 Å². The van der Waals surface area contributed by atoms with Crippen LogP contribution in [-0.2, 0) is 6.61 Å². The first-order chi connectivity index (χ1) is 33.1. The molecule has 0 aromatic heterocycles. The molecule has 0 N–H and O–H groups in total. The minimum absolute atomic E-state index is 0.0114. The van der Waals surface area contributed by atoms with Crippen LogP contribution in [0.4, 0.5) is 0 Å². The third-order valence-corrected chi connectivity index (χ3v) is 6.40. The fourth-order valence-corrected chi connectivity index (χ4v) is 3.89. The highest BCUT2D eigenvalue weighted by Gasteiger charge is 2.06. The van der Waals surface area contributed by atoms with E-state index in [4.69, 9.17) is 27.1 Å². The van der Waals surface area contributed by atoms with Crippen LogP contribution in [0.2, 0.25) is 0 Å². The van der Waals surface area contributed by atoms with E-state index in [1.165, 1.54) is 6.92 Å². The Morgan fingerprint density at radius 1 is 0.373 bits per heavy atom. The first-order valence-electron chi connectivity index (χ1n) is 18.2. The van der Waals surface area contributed by atoms with Crippen LogP contribution in [0.3, 0.4) is 0 Å². The molecule has 0 unspecified atom stereocenters. The maximum absolute atomic E-state index is 11.8. The average Bonchev–Trinajstić information content (AvgIpc) is 3.34. The maximum Gasteiger partial charge on any atom is 0.159 e. The number of ether oxygens (including phenoxy) is 3. The summed E-state index contributed by atoms with van der Waals surface area (Å²) >= 11 is 0. The van der Waals surface area contributed by atoms with Gasteiger partial charge in [0.1, 0.15) is 36.1 Å². The number of carbonyl (C=O) groups is 1. The molecule has 0 aliphatic carbocycles. The lowest BCUT2D eigenvalue weighted by molar-refractivity contribution is 0.101. The number of carbonyl (C=O) groups excluding carboxylic acids is 1. The summed E-state index contributed by atoms with van der Waals surface area (Å²) < 4.78 is 17.3. The van der Waals surface area contributed by atoms with Crippen LogP contribution in [0, 0.1) is 262 Å². The molecule has 67 heavy (non-hydrogen) atoms. The highest BCUT2D eigenvalue weighted by Crippen LogP contribution is 2.26. The van der Waals surface area contributed by atoms with Gasteiger partial charge < -0.3 is 14.2 Å². The van der Waals surface area contributed by atoms with Gasteiger partial charge in [0, 0.05) is 154 Å². The minimum Gasteiger partial charge on any atom is -0.489 e. The fraction of sp³-hybridized carbons (Fsp3) is 0.0317. The van der Waals surface area contributed by atoms with E-state index in [9.17, 15) is 4.79 Å². The SMILES string of the molecule is C#CC#CC#CC#CC#CC#CC#CC#CC#CC#CC#COc1cc(COc2ccc3cc(C(C)=O)ccc3c2)cc(OC#CC#CC#CC#CC#CC#CC#CC#CC#CC#CC#C)c1. The number of hydrogen-bond acceptors (Lipinski definition) is 4. The zero-order valence-electron chi connectivity index (χ0n) is 34.7. The van der Waals surface area contributed by atoms with E-state index >= 15 is 0 Å². The van der Waals surface area contributed by atoms with Gasteiger partial charge in [-0.25, -0.2) is 0 Å². The number of Topliss-reactive ketones (excluding diaryl/α,β-unsaturated/α-hetero) is 1. The van der Waals surface area contributed by atoms with Crippen molar-refractivity contribution in [1.82, 2.24) is 0 Å². The van der Waals surface area contributed by atoms with E-state index in [0.717, 1.165) is 10.8 Å². The summed E-state index contributed by atoms with van der Waals surface area (Å²) in [5.41, 5.74) is 1.31. The lowest BCUT2D eigenvalue weighted by Gasteiger charge is -2.10. The van der Waals surface area contributed by atoms with Crippen molar-refractivity contribution in [3.63, 3.8) is 0 Å². The van der Waals surface area contributed by atoms with Crippen LogP contribution >= 0.6 is 0 Å². The Bertz CT molecular complexity index is 3780. The van der Waals surface area contributed by atoms with Gasteiger partial charge >= 0.3 is 0 Å². The van der Waals surface area contributed by atoms with Crippen molar-refractivity contribution in [3.05, 3.63) is 65.7 Å². The average molecular weight is 837 g/mol. The van der Waals surface area contributed by atoms with Gasteiger partial charge in [0.2, 0.25) is 0 Å². The van der Waals surface area contributed by atoms with Gasteiger partial charge in [0.05, 0.1) is 0 Å². The van der Waals surface area contributed by atoms with E-state index in [-0.39, 0.29) is 12.4 Å². The molecule has 0 fully saturated rings. The van der Waals surface area contributed by atoms with Crippen LogP contribution in [-0.4, -0.2) is 5.78 Å². The van der Waals surface area contributed by atoms with Crippen LogP contribution in [0.15, 0.2) is 54.6 Å². The predicted molar refractivity (Wildman–Crippen MR) is 259 cm³/mol. The smallest absolute Gasteiger partial charge is 0.159 e. The lowest BCUT2D eigenvalue weighted by Crippen LogP contribution is -1.98. The summed E-state index contributed by atoms with van der Waals surface area (Å²) in [5.74, 6) is 100. The van der Waals surface area contributed by atoms with Crippen molar-refractivity contribution < 1.29 is 19.0 Å². The van der Waals surface area contributed by atoms with E-state index in [0.29, 0.717) is 28.4 Å². The molecule has 3 aromatic carbocycles. The summed E-state index contributed by atoms with van der Waals surface area (Å²) in [6, 6.07) is 16.1. The van der Waals surface area contributed by atoms with E-state index in [1.807, 2.05) is 30.3 Å². The zero-order valence-corrected chi connectivity index (χ0v) is 34.7. The van der Waals surface area contributed by atoms with Gasteiger partial charge in [0.15, 0.2) is 5.78 Å². The summed E-state index contributed by atoms with van der Waals surface area (Å²) in [6.45, 7) is 1.67. The molecule has 3 rings (SSSR count). The Balaban J connectivity index is 1.65.